The monoisotopic (exact) mass is 250 g/mol. The highest BCUT2D eigenvalue weighted by molar-refractivity contribution is 6.30. The Morgan fingerprint density at radius 3 is 2.47 bits per heavy atom. The van der Waals surface area contributed by atoms with Gasteiger partial charge >= 0.3 is 0 Å². The minimum absolute atomic E-state index is 0.1000. The molecular formula is C14H12ClFO. The third-order valence-corrected chi connectivity index (χ3v) is 2.90. The number of aliphatic hydroxyl groups is 1. The van der Waals surface area contributed by atoms with Crippen molar-refractivity contribution in [2.45, 2.75) is 12.5 Å². The highest BCUT2D eigenvalue weighted by Gasteiger charge is 2.09. The SMILES string of the molecule is OC(Cc1ccc(Cl)c(F)c1)c1ccccc1. The molecule has 17 heavy (non-hydrogen) atoms. The zero-order chi connectivity index (χ0) is 12.3. The second-order valence-corrected chi connectivity index (χ2v) is 4.29. The summed E-state index contributed by atoms with van der Waals surface area (Å²) in [6.07, 6.45) is -0.255. The van der Waals surface area contributed by atoms with Crippen molar-refractivity contribution in [3.05, 3.63) is 70.5 Å². The van der Waals surface area contributed by atoms with Gasteiger partial charge in [0.15, 0.2) is 0 Å². The lowest BCUT2D eigenvalue weighted by atomic mass is 10.0. The number of rotatable bonds is 3. The Hall–Kier alpha value is -1.38. The molecule has 0 aromatic heterocycles. The quantitative estimate of drug-likeness (QED) is 0.880. The lowest BCUT2D eigenvalue weighted by molar-refractivity contribution is 0.178. The van der Waals surface area contributed by atoms with E-state index in [2.05, 4.69) is 0 Å². The Labute approximate surface area is 104 Å². The van der Waals surface area contributed by atoms with Crippen molar-refractivity contribution >= 4 is 11.6 Å². The van der Waals surface area contributed by atoms with Gasteiger partial charge < -0.3 is 5.11 Å². The topological polar surface area (TPSA) is 20.2 Å². The summed E-state index contributed by atoms with van der Waals surface area (Å²) in [7, 11) is 0. The van der Waals surface area contributed by atoms with E-state index < -0.39 is 11.9 Å². The number of hydrogen-bond donors (Lipinski definition) is 1. The maximum Gasteiger partial charge on any atom is 0.142 e. The van der Waals surface area contributed by atoms with Gasteiger partial charge in [-0.2, -0.15) is 0 Å². The number of hydrogen-bond acceptors (Lipinski definition) is 1. The van der Waals surface area contributed by atoms with E-state index in [0.717, 1.165) is 11.1 Å². The van der Waals surface area contributed by atoms with Crippen LogP contribution < -0.4 is 0 Å². The van der Waals surface area contributed by atoms with E-state index >= 15 is 0 Å². The van der Waals surface area contributed by atoms with Crippen molar-refractivity contribution < 1.29 is 9.50 Å². The molecule has 0 spiro atoms. The van der Waals surface area contributed by atoms with Crippen LogP contribution in [0.25, 0.3) is 0 Å². The fourth-order valence-corrected chi connectivity index (χ4v) is 1.80. The molecule has 0 bridgehead atoms. The summed E-state index contributed by atoms with van der Waals surface area (Å²) in [6, 6.07) is 13.9. The largest absolute Gasteiger partial charge is 0.388 e. The van der Waals surface area contributed by atoms with Crippen molar-refractivity contribution in [3.8, 4) is 0 Å². The standard InChI is InChI=1S/C14H12ClFO/c15-12-7-6-10(8-13(12)16)9-14(17)11-4-2-1-3-5-11/h1-8,14,17H,9H2. The third kappa shape index (κ3) is 3.05. The van der Waals surface area contributed by atoms with Gasteiger partial charge in [-0.05, 0) is 23.3 Å². The summed E-state index contributed by atoms with van der Waals surface area (Å²) in [6.45, 7) is 0. The number of halogens is 2. The van der Waals surface area contributed by atoms with Gasteiger partial charge in [0.1, 0.15) is 5.82 Å². The van der Waals surface area contributed by atoms with Gasteiger partial charge in [-0.1, -0.05) is 48.0 Å². The third-order valence-electron chi connectivity index (χ3n) is 2.60. The van der Waals surface area contributed by atoms with Crippen molar-refractivity contribution in [1.29, 1.82) is 0 Å². The molecule has 2 aromatic rings. The maximum absolute atomic E-state index is 13.2. The van der Waals surface area contributed by atoms with Crippen LogP contribution in [0.5, 0.6) is 0 Å². The summed E-state index contributed by atoms with van der Waals surface area (Å²) >= 11 is 5.60. The summed E-state index contributed by atoms with van der Waals surface area (Å²) in [5.74, 6) is -0.454. The lowest BCUT2D eigenvalue weighted by Gasteiger charge is -2.11. The molecule has 0 aliphatic carbocycles. The predicted octanol–water partition coefficient (Wildman–Crippen LogP) is 3.76. The van der Waals surface area contributed by atoms with E-state index in [4.69, 9.17) is 11.6 Å². The zero-order valence-corrected chi connectivity index (χ0v) is 9.86. The fraction of sp³-hybridized carbons (Fsp3) is 0.143. The van der Waals surface area contributed by atoms with Gasteiger partial charge in [0.05, 0.1) is 11.1 Å². The van der Waals surface area contributed by atoms with Gasteiger partial charge in [0.2, 0.25) is 0 Å². The molecule has 88 valence electrons. The van der Waals surface area contributed by atoms with E-state index in [1.165, 1.54) is 12.1 Å². The van der Waals surface area contributed by atoms with Gasteiger partial charge in [-0.25, -0.2) is 4.39 Å². The molecule has 2 aromatic carbocycles. The number of aliphatic hydroxyl groups excluding tert-OH is 1. The van der Waals surface area contributed by atoms with Crippen LogP contribution in [-0.2, 0) is 6.42 Å². The Bertz CT molecular complexity index is 499. The van der Waals surface area contributed by atoms with Crippen LogP contribution in [0.4, 0.5) is 4.39 Å². The van der Waals surface area contributed by atoms with E-state index in [-0.39, 0.29) is 5.02 Å². The molecular weight excluding hydrogens is 239 g/mol. The first-order chi connectivity index (χ1) is 8.16. The van der Waals surface area contributed by atoms with E-state index in [1.807, 2.05) is 30.3 Å². The smallest absolute Gasteiger partial charge is 0.142 e. The molecule has 0 amide bonds. The molecule has 0 aliphatic rings. The van der Waals surface area contributed by atoms with Crippen LogP contribution >= 0.6 is 11.6 Å². The fourth-order valence-electron chi connectivity index (χ4n) is 1.68. The Morgan fingerprint density at radius 2 is 1.82 bits per heavy atom. The molecule has 0 radical (unpaired) electrons. The van der Waals surface area contributed by atoms with E-state index in [0.29, 0.717) is 6.42 Å². The first kappa shape index (κ1) is 12.1. The Balaban J connectivity index is 2.13. The summed E-state index contributed by atoms with van der Waals surface area (Å²) in [5, 5.41) is 10.1. The first-order valence-corrected chi connectivity index (χ1v) is 5.71. The molecule has 1 unspecified atom stereocenters. The van der Waals surface area contributed by atoms with E-state index in [1.54, 1.807) is 6.07 Å². The Morgan fingerprint density at radius 1 is 1.12 bits per heavy atom. The Kier molecular flexibility index (Phi) is 3.77. The molecule has 3 heteroatoms. The van der Waals surface area contributed by atoms with Crippen molar-refractivity contribution in [1.82, 2.24) is 0 Å². The molecule has 0 saturated heterocycles. The van der Waals surface area contributed by atoms with Crippen LogP contribution in [-0.4, -0.2) is 5.11 Å². The van der Waals surface area contributed by atoms with Crippen molar-refractivity contribution in [2.24, 2.45) is 0 Å². The molecule has 1 N–H and O–H groups in total. The maximum atomic E-state index is 13.2. The molecule has 0 heterocycles. The summed E-state index contributed by atoms with van der Waals surface area (Å²) < 4.78 is 13.2. The van der Waals surface area contributed by atoms with Crippen LogP contribution in [0.15, 0.2) is 48.5 Å². The molecule has 2 rings (SSSR count). The highest BCUT2D eigenvalue weighted by Crippen LogP contribution is 2.21. The lowest BCUT2D eigenvalue weighted by Crippen LogP contribution is -2.01. The average molecular weight is 251 g/mol. The van der Waals surface area contributed by atoms with Gasteiger partial charge in [-0.15, -0.1) is 0 Å². The van der Waals surface area contributed by atoms with Crippen LogP contribution in [0.2, 0.25) is 5.02 Å². The minimum Gasteiger partial charge on any atom is -0.388 e. The van der Waals surface area contributed by atoms with Gasteiger partial charge in [0.25, 0.3) is 0 Å². The number of benzene rings is 2. The van der Waals surface area contributed by atoms with Gasteiger partial charge in [-0.3, -0.25) is 0 Å². The van der Waals surface area contributed by atoms with Crippen LogP contribution in [0.1, 0.15) is 17.2 Å². The van der Waals surface area contributed by atoms with E-state index in [9.17, 15) is 9.50 Å². The summed E-state index contributed by atoms with van der Waals surface area (Å²) in [4.78, 5) is 0. The molecule has 1 nitrogen and oxygen atoms in total. The second kappa shape index (κ2) is 5.30. The minimum atomic E-state index is -0.628. The van der Waals surface area contributed by atoms with Crippen molar-refractivity contribution in [3.63, 3.8) is 0 Å². The molecule has 1 atom stereocenters. The molecule has 0 fully saturated rings. The first-order valence-electron chi connectivity index (χ1n) is 5.34. The summed E-state index contributed by atoms with van der Waals surface area (Å²) in [5.41, 5.74) is 1.55. The zero-order valence-electron chi connectivity index (χ0n) is 9.11. The van der Waals surface area contributed by atoms with Crippen LogP contribution in [0.3, 0.4) is 0 Å². The second-order valence-electron chi connectivity index (χ2n) is 3.88. The average Bonchev–Trinajstić information content (AvgIpc) is 2.35. The molecule has 0 saturated carbocycles. The normalized spacial score (nSPS) is 12.4. The van der Waals surface area contributed by atoms with Crippen molar-refractivity contribution in [2.75, 3.05) is 0 Å². The molecule has 0 aliphatic heterocycles. The van der Waals surface area contributed by atoms with Gasteiger partial charge in [0, 0.05) is 6.42 Å². The highest BCUT2D eigenvalue weighted by atomic mass is 35.5. The van der Waals surface area contributed by atoms with Crippen LogP contribution in [0, 0.1) is 5.82 Å². The predicted molar refractivity (Wildman–Crippen MR) is 66.5 cm³/mol.